The lowest BCUT2D eigenvalue weighted by Crippen LogP contribution is -2.42. The van der Waals surface area contributed by atoms with Crippen LogP contribution < -0.4 is 5.56 Å². The quantitative estimate of drug-likeness (QED) is 0.705. The van der Waals surface area contributed by atoms with Gasteiger partial charge in [-0.05, 0) is 24.5 Å². The molecule has 142 valence electrons. The first-order valence-electron chi connectivity index (χ1n) is 9.68. The van der Waals surface area contributed by atoms with Gasteiger partial charge in [0.15, 0.2) is 0 Å². The number of hydrogen-bond acceptors (Lipinski definition) is 3. The molecular weight excluding hydrogens is 350 g/mol. The van der Waals surface area contributed by atoms with E-state index in [0.29, 0.717) is 19.5 Å². The molecule has 0 bridgehead atoms. The first-order chi connectivity index (χ1) is 13.7. The van der Waals surface area contributed by atoms with E-state index in [2.05, 4.69) is 5.10 Å². The number of likely N-dealkylation sites (tertiary alicyclic amines) is 1. The minimum absolute atomic E-state index is 0.0249. The van der Waals surface area contributed by atoms with E-state index in [-0.39, 0.29) is 17.5 Å². The molecule has 0 radical (unpaired) electrons. The van der Waals surface area contributed by atoms with Gasteiger partial charge in [-0.1, -0.05) is 60.7 Å². The summed E-state index contributed by atoms with van der Waals surface area (Å²) in [7, 11) is 0. The van der Waals surface area contributed by atoms with E-state index in [1.165, 1.54) is 0 Å². The maximum Gasteiger partial charge on any atom is 0.267 e. The third-order valence-corrected chi connectivity index (χ3v) is 5.26. The average Bonchev–Trinajstić information content (AvgIpc) is 2.75. The number of aromatic nitrogens is 2. The highest BCUT2D eigenvalue weighted by atomic mass is 16.2. The predicted octanol–water partition coefficient (Wildman–Crippen LogP) is 3.32. The lowest BCUT2D eigenvalue weighted by atomic mass is 10.0. The number of rotatable bonds is 4. The fourth-order valence-electron chi connectivity index (χ4n) is 3.69. The van der Waals surface area contributed by atoms with Crippen molar-refractivity contribution in [3.63, 3.8) is 0 Å². The number of carbonyl (C=O) groups is 1. The highest BCUT2D eigenvalue weighted by Crippen LogP contribution is 2.22. The highest BCUT2D eigenvalue weighted by Gasteiger charge is 2.25. The van der Waals surface area contributed by atoms with E-state index in [1.807, 2.05) is 65.6 Å². The normalized spacial score (nSPS) is 14.8. The second kappa shape index (κ2) is 8.21. The maximum absolute atomic E-state index is 12.6. The molecule has 0 N–H and O–H groups in total. The van der Waals surface area contributed by atoms with Gasteiger partial charge in [0.1, 0.15) is 0 Å². The van der Waals surface area contributed by atoms with Crippen LogP contribution in [0.5, 0.6) is 0 Å². The van der Waals surface area contributed by atoms with Crippen molar-refractivity contribution < 1.29 is 4.79 Å². The number of hydrogen-bond donors (Lipinski definition) is 0. The van der Waals surface area contributed by atoms with Crippen molar-refractivity contribution in [1.29, 1.82) is 0 Å². The number of benzene rings is 2. The van der Waals surface area contributed by atoms with Gasteiger partial charge in [-0.2, -0.15) is 5.10 Å². The Labute approximate surface area is 164 Å². The molecule has 3 aromatic rings. The van der Waals surface area contributed by atoms with E-state index < -0.39 is 0 Å². The van der Waals surface area contributed by atoms with Crippen LogP contribution >= 0.6 is 0 Å². The van der Waals surface area contributed by atoms with Gasteiger partial charge in [0, 0.05) is 24.7 Å². The molecule has 1 saturated heterocycles. The Bertz CT molecular complexity index is 991. The third kappa shape index (κ3) is 4.03. The Hall–Kier alpha value is -3.21. The minimum Gasteiger partial charge on any atom is -0.342 e. The lowest BCUT2D eigenvalue weighted by Gasteiger charge is -2.32. The van der Waals surface area contributed by atoms with Gasteiger partial charge >= 0.3 is 0 Å². The molecule has 1 aromatic heterocycles. The number of amides is 1. The summed E-state index contributed by atoms with van der Waals surface area (Å²) in [5.41, 5.74) is 2.73. The molecule has 5 heteroatoms. The van der Waals surface area contributed by atoms with Crippen molar-refractivity contribution >= 4 is 5.91 Å². The van der Waals surface area contributed by atoms with Crippen molar-refractivity contribution in [3.8, 4) is 11.3 Å². The monoisotopic (exact) mass is 373 g/mol. The molecule has 4 rings (SSSR count). The van der Waals surface area contributed by atoms with Gasteiger partial charge in [0.25, 0.3) is 5.56 Å². The first kappa shape index (κ1) is 18.2. The lowest BCUT2D eigenvalue weighted by molar-refractivity contribution is -0.131. The van der Waals surface area contributed by atoms with Crippen LogP contribution in [0.25, 0.3) is 11.3 Å². The van der Waals surface area contributed by atoms with Crippen molar-refractivity contribution in [3.05, 3.63) is 88.7 Å². The molecule has 0 spiro atoms. The van der Waals surface area contributed by atoms with Crippen LogP contribution in [-0.4, -0.2) is 33.7 Å². The highest BCUT2D eigenvalue weighted by molar-refractivity contribution is 5.78. The van der Waals surface area contributed by atoms with Crippen LogP contribution in [0.4, 0.5) is 0 Å². The van der Waals surface area contributed by atoms with Gasteiger partial charge in [0.2, 0.25) is 5.91 Å². The zero-order chi connectivity index (χ0) is 19.3. The molecule has 1 amide bonds. The second-order valence-electron chi connectivity index (χ2n) is 7.14. The Balaban J connectivity index is 1.44. The number of piperidine rings is 1. The molecule has 0 atom stereocenters. The van der Waals surface area contributed by atoms with Crippen molar-refractivity contribution in [1.82, 2.24) is 14.7 Å². The van der Waals surface area contributed by atoms with Crippen LogP contribution in [0, 0.1) is 0 Å². The Morgan fingerprint density at radius 3 is 2.21 bits per heavy atom. The van der Waals surface area contributed by atoms with Crippen molar-refractivity contribution in [2.75, 3.05) is 13.1 Å². The van der Waals surface area contributed by atoms with E-state index in [0.717, 1.165) is 29.7 Å². The first-order valence-corrected chi connectivity index (χ1v) is 9.68. The summed E-state index contributed by atoms with van der Waals surface area (Å²) < 4.78 is 1.60. The number of carbonyl (C=O) groups excluding carboxylic acids is 1. The van der Waals surface area contributed by atoms with E-state index in [9.17, 15) is 9.59 Å². The largest absolute Gasteiger partial charge is 0.342 e. The van der Waals surface area contributed by atoms with Crippen LogP contribution in [-0.2, 0) is 11.2 Å². The van der Waals surface area contributed by atoms with Gasteiger partial charge in [0.05, 0.1) is 18.2 Å². The molecule has 1 aliphatic rings. The smallest absolute Gasteiger partial charge is 0.267 e. The van der Waals surface area contributed by atoms with Crippen LogP contribution in [0.1, 0.15) is 24.4 Å². The van der Waals surface area contributed by atoms with Crippen LogP contribution in [0.15, 0.2) is 77.6 Å². The molecule has 1 aliphatic heterocycles. The molecule has 2 heterocycles. The fourth-order valence-corrected chi connectivity index (χ4v) is 3.69. The Morgan fingerprint density at radius 2 is 1.54 bits per heavy atom. The van der Waals surface area contributed by atoms with Crippen LogP contribution in [0.2, 0.25) is 0 Å². The standard InChI is InChI=1S/C23H23N3O2/c27-22-12-11-21(19-9-5-2-6-10-19)24-26(22)20-13-15-25(16-14-20)23(28)17-18-7-3-1-4-8-18/h1-12,20H,13-17H2. The van der Waals surface area contributed by atoms with Gasteiger partial charge in [-0.25, -0.2) is 4.68 Å². The van der Waals surface area contributed by atoms with Gasteiger partial charge < -0.3 is 4.90 Å². The molecule has 0 unspecified atom stereocenters. The number of nitrogens with zero attached hydrogens (tertiary/aromatic N) is 3. The van der Waals surface area contributed by atoms with Gasteiger partial charge in [-0.15, -0.1) is 0 Å². The average molecular weight is 373 g/mol. The minimum atomic E-state index is -0.0891. The molecule has 5 nitrogen and oxygen atoms in total. The molecule has 28 heavy (non-hydrogen) atoms. The summed E-state index contributed by atoms with van der Waals surface area (Å²) >= 11 is 0. The summed E-state index contributed by atoms with van der Waals surface area (Å²) in [5, 5.41) is 4.60. The maximum atomic E-state index is 12.6. The van der Waals surface area contributed by atoms with E-state index in [1.54, 1.807) is 16.8 Å². The van der Waals surface area contributed by atoms with E-state index >= 15 is 0 Å². The third-order valence-electron chi connectivity index (χ3n) is 5.26. The van der Waals surface area contributed by atoms with Gasteiger partial charge in [-0.3, -0.25) is 9.59 Å². The summed E-state index contributed by atoms with van der Waals surface area (Å²) in [6, 6.07) is 23.0. The SMILES string of the molecule is O=C(Cc1ccccc1)N1CCC(n2nc(-c3ccccc3)ccc2=O)CC1. The zero-order valence-corrected chi connectivity index (χ0v) is 15.7. The van der Waals surface area contributed by atoms with Crippen molar-refractivity contribution in [2.24, 2.45) is 0 Å². The topological polar surface area (TPSA) is 55.2 Å². The fraction of sp³-hybridized carbons (Fsp3) is 0.261. The second-order valence-corrected chi connectivity index (χ2v) is 7.14. The summed E-state index contributed by atoms with van der Waals surface area (Å²) in [5.74, 6) is 0.142. The zero-order valence-electron chi connectivity index (χ0n) is 15.7. The Kier molecular flexibility index (Phi) is 5.33. The van der Waals surface area contributed by atoms with E-state index in [4.69, 9.17) is 0 Å². The van der Waals surface area contributed by atoms with Crippen LogP contribution in [0.3, 0.4) is 0 Å². The molecule has 0 aliphatic carbocycles. The predicted molar refractivity (Wildman–Crippen MR) is 109 cm³/mol. The summed E-state index contributed by atoms with van der Waals surface area (Å²) in [6.45, 7) is 1.31. The Morgan fingerprint density at radius 1 is 0.893 bits per heavy atom. The summed E-state index contributed by atoms with van der Waals surface area (Å²) in [6.07, 6.45) is 1.91. The molecular formula is C23H23N3O2. The molecule has 0 saturated carbocycles. The summed E-state index contributed by atoms with van der Waals surface area (Å²) in [4.78, 5) is 26.8. The molecule has 2 aromatic carbocycles. The molecule has 1 fully saturated rings. The van der Waals surface area contributed by atoms with Crippen molar-refractivity contribution in [2.45, 2.75) is 25.3 Å².